The third kappa shape index (κ3) is 2.80. The molecule has 2 N–H and O–H groups in total. The second kappa shape index (κ2) is 4.45. The summed E-state index contributed by atoms with van der Waals surface area (Å²) in [6, 6.07) is 2.24. The normalized spacial score (nSPS) is 12.5. The molecule has 0 amide bonds. The summed E-state index contributed by atoms with van der Waals surface area (Å²) in [7, 11) is -2.75. The molecule has 0 aliphatic heterocycles. The van der Waals surface area contributed by atoms with E-state index in [2.05, 4.69) is 14.1 Å². The lowest BCUT2D eigenvalue weighted by Crippen LogP contribution is -2.16. The van der Waals surface area contributed by atoms with E-state index in [1.54, 1.807) is 0 Å². The summed E-state index contributed by atoms with van der Waals surface area (Å²) in [4.78, 5) is 3.40. The summed E-state index contributed by atoms with van der Waals surface area (Å²) < 4.78 is 30.7. The largest absolute Gasteiger partial charge is 0.468 e. The van der Waals surface area contributed by atoms with Gasteiger partial charge in [0.1, 0.15) is 10.0 Å². The molecular weight excluding hydrogens is 242 g/mol. The van der Waals surface area contributed by atoms with Crippen molar-refractivity contribution in [3.63, 3.8) is 0 Å². The number of nitrogens with zero attached hydrogens (tertiary/aromatic N) is 2. The van der Waals surface area contributed by atoms with E-state index in [0.717, 1.165) is 0 Å². The molecule has 82 valence electrons. The SMILES string of the molecule is CO/C(N)=N/S(=O)(=O)c1cccnc1Cl. The van der Waals surface area contributed by atoms with Gasteiger partial charge in [-0.2, -0.15) is 8.42 Å². The van der Waals surface area contributed by atoms with E-state index >= 15 is 0 Å². The summed E-state index contributed by atoms with van der Waals surface area (Å²) in [6.45, 7) is 0. The molecule has 0 bridgehead atoms. The van der Waals surface area contributed by atoms with Crippen LogP contribution in [0.2, 0.25) is 5.15 Å². The first-order valence-corrected chi connectivity index (χ1v) is 5.54. The maximum atomic E-state index is 11.6. The van der Waals surface area contributed by atoms with E-state index in [9.17, 15) is 8.42 Å². The lowest BCUT2D eigenvalue weighted by molar-refractivity contribution is 0.397. The first kappa shape index (κ1) is 11.7. The third-order valence-electron chi connectivity index (χ3n) is 1.42. The van der Waals surface area contributed by atoms with Crippen molar-refractivity contribution in [3.8, 4) is 0 Å². The van der Waals surface area contributed by atoms with Gasteiger partial charge in [-0.15, -0.1) is 4.40 Å². The minimum absolute atomic E-state index is 0.162. The number of pyridine rings is 1. The fourth-order valence-electron chi connectivity index (χ4n) is 0.769. The highest BCUT2D eigenvalue weighted by molar-refractivity contribution is 7.90. The molecule has 0 atom stereocenters. The second-order valence-electron chi connectivity index (χ2n) is 2.40. The number of hydrogen-bond donors (Lipinski definition) is 1. The van der Waals surface area contributed by atoms with E-state index < -0.39 is 16.0 Å². The van der Waals surface area contributed by atoms with Gasteiger partial charge in [-0.25, -0.2) is 4.98 Å². The Morgan fingerprint density at radius 2 is 2.33 bits per heavy atom. The molecule has 1 aromatic heterocycles. The zero-order valence-electron chi connectivity index (χ0n) is 7.71. The third-order valence-corrected chi connectivity index (χ3v) is 3.14. The molecular formula is C7H8ClN3O3S. The first-order chi connectivity index (χ1) is 6.97. The summed E-state index contributed by atoms with van der Waals surface area (Å²) in [5.74, 6) is 0. The standard InChI is InChI=1S/C7H8ClN3O3S/c1-14-7(9)11-15(12,13)5-3-2-4-10-6(5)8/h2-4H,1H3,(H2,9,11). The Labute approximate surface area is 91.8 Å². The lowest BCUT2D eigenvalue weighted by Gasteiger charge is -2.01. The van der Waals surface area contributed by atoms with Crippen LogP contribution in [0.15, 0.2) is 27.6 Å². The molecule has 1 aromatic rings. The van der Waals surface area contributed by atoms with Crippen LogP contribution in [0.25, 0.3) is 0 Å². The highest BCUT2D eigenvalue weighted by Crippen LogP contribution is 2.19. The Hall–Kier alpha value is -1.34. The maximum Gasteiger partial charge on any atom is 0.297 e. The van der Waals surface area contributed by atoms with Crippen LogP contribution in [0.4, 0.5) is 0 Å². The van der Waals surface area contributed by atoms with Gasteiger partial charge in [0, 0.05) is 6.20 Å². The Kier molecular flexibility index (Phi) is 3.48. The fourth-order valence-corrected chi connectivity index (χ4v) is 2.11. The molecule has 1 heterocycles. The van der Waals surface area contributed by atoms with Gasteiger partial charge in [-0.3, -0.25) is 0 Å². The number of halogens is 1. The van der Waals surface area contributed by atoms with Crippen LogP contribution >= 0.6 is 11.6 Å². The van der Waals surface area contributed by atoms with Crippen molar-refractivity contribution in [2.24, 2.45) is 10.1 Å². The highest BCUT2D eigenvalue weighted by Gasteiger charge is 2.18. The second-order valence-corrected chi connectivity index (χ2v) is 4.33. The van der Waals surface area contributed by atoms with Gasteiger partial charge in [0.15, 0.2) is 0 Å². The van der Waals surface area contributed by atoms with Crippen LogP contribution < -0.4 is 5.73 Å². The topological polar surface area (TPSA) is 94.6 Å². The molecule has 0 aliphatic carbocycles. The van der Waals surface area contributed by atoms with Gasteiger partial charge in [-0.05, 0) is 12.1 Å². The summed E-state index contributed by atoms with van der Waals surface area (Å²) in [5.41, 5.74) is 5.13. The predicted octanol–water partition coefficient (Wildman–Crippen LogP) is 0.385. The highest BCUT2D eigenvalue weighted by atomic mass is 35.5. The van der Waals surface area contributed by atoms with Crippen molar-refractivity contribution in [2.45, 2.75) is 4.90 Å². The molecule has 0 unspecified atom stereocenters. The van der Waals surface area contributed by atoms with Gasteiger partial charge in [0.05, 0.1) is 7.11 Å². The van der Waals surface area contributed by atoms with Crippen molar-refractivity contribution >= 4 is 27.6 Å². The molecule has 0 aliphatic rings. The molecule has 6 nitrogen and oxygen atoms in total. The molecule has 0 spiro atoms. The Bertz CT molecular complexity index is 486. The predicted molar refractivity (Wildman–Crippen MR) is 55.1 cm³/mol. The van der Waals surface area contributed by atoms with Crippen molar-refractivity contribution < 1.29 is 13.2 Å². The van der Waals surface area contributed by atoms with E-state index in [0.29, 0.717) is 0 Å². The molecule has 0 saturated carbocycles. The summed E-state index contributed by atoms with van der Waals surface area (Å²) in [6.07, 6.45) is 1.37. The minimum atomic E-state index is -3.96. The molecule has 0 aromatic carbocycles. The number of ether oxygens (including phenoxy) is 1. The zero-order valence-corrected chi connectivity index (χ0v) is 9.29. The molecule has 0 fully saturated rings. The monoisotopic (exact) mass is 249 g/mol. The number of amidine groups is 1. The van der Waals surface area contributed by atoms with Crippen molar-refractivity contribution in [2.75, 3.05) is 7.11 Å². The molecule has 15 heavy (non-hydrogen) atoms. The van der Waals surface area contributed by atoms with Crippen molar-refractivity contribution in [1.82, 2.24) is 4.98 Å². The number of methoxy groups -OCH3 is 1. The van der Waals surface area contributed by atoms with Gasteiger partial charge in [-0.1, -0.05) is 11.6 Å². The Morgan fingerprint density at radius 3 is 2.87 bits per heavy atom. The molecule has 0 radical (unpaired) electrons. The molecule has 8 heteroatoms. The number of rotatable bonds is 2. The van der Waals surface area contributed by atoms with Gasteiger partial charge < -0.3 is 10.5 Å². The van der Waals surface area contributed by atoms with Crippen LogP contribution in [-0.2, 0) is 14.8 Å². The fraction of sp³-hybridized carbons (Fsp3) is 0.143. The minimum Gasteiger partial charge on any atom is -0.468 e. The number of nitrogens with two attached hydrogens (primary N) is 1. The first-order valence-electron chi connectivity index (χ1n) is 3.72. The van der Waals surface area contributed by atoms with Gasteiger partial charge in [0.25, 0.3) is 16.0 Å². The summed E-state index contributed by atoms with van der Waals surface area (Å²) >= 11 is 5.59. The van der Waals surface area contributed by atoms with Crippen LogP contribution in [0.5, 0.6) is 0 Å². The van der Waals surface area contributed by atoms with E-state index in [1.807, 2.05) is 0 Å². The van der Waals surface area contributed by atoms with Gasteiger partial charge in [0.2, 0.25) is 0 Å². The average molecular weight is 250 g/mol. The van der Waals surface area contributed by atoms with E-state index in [-0.39, 0.29) is 10.0 Å². The van der Waals surface area contributed by atoms with Crippen molar-refractivity contribution in [1.29, 1.82) is 0 Å². The summed E-state index contributed by atoms with van der Waals surface area (Å²) in [5, 5.41) is -0.162. The van der Waals surface area contributed by atoms with E-state index in [1.165, 1.54) is 25.4 Å². The Balaban J connectivity index is 3.25. The van der Waals surface area contributed by atoms with Gasteiger partial charge >= 0.3 is 0 Å². The average Bonchev–Trinajstić information content (AvgIpc) is 2.17. The number of sulfonamides is 1. The van der Waals surface area contributed by atoms with E-state index in [4.69, 9.17) is 17.3 Å². The lowest BCUT2D eigenvalue weighted by atomic mass is 10.5. The van der Waals surface area contributed by atoms with Crippen LogP contribution in [0.1, 0.15) is 0 Å². The van der Waals surface area contributed by atoms with Crippen molar-refractivity contribution in [3.05, 3.63) is 23.5 Å². The quantitative estimate of drug-likeness (QED) is 0.465. The number of hydrogen-bond acceptors (Lipinski definition) is 4. The van der Waals surface area contributed by atoms with Crippen LogP contribution in [0.3, 0.4) is 0 Å². The zero-order chi connectivity index (χ0) is 11.5. The number of aromatic nitrogens is 1. The maximum absolute atomic E-state index is 11.6. The van der Waals surface area contributed by atoms with Crippen LogP contribution in [0, 0.1) is 0 Å². The smallest absolute Gasteiger partial charge is 0.297 e. The molecule has 1 rings (SSSR count). The Morgan fingerprint density at radius 1 is 1.67 bits per heavy atom. The molecule has 0 saturated heterocycles. The van der Waals surface area contributed by atoms with Crippen LogP contribution in [-0.4, -0.2) is 26.5 Å².